The second-order valence-electron chi connectivity index (χ2n) is 4.49. The third-order valence-electron chi connectivity index (χ3n) is 2.91. The fourth-order valence-electron chi connectivity index (χ4n) is 1.30. The fraction of sp³-hybridized carbons (Fsp3) is 0.462. The lowest BCUT2D eigenvalue weighted by Crippen LogP contribution is -2.38. The maximum absolute atomic E-state index is 12.0. The molecule has 0 aromatic rings. The van der Waals surface area contributed by atoms with Gasteiger partial charge in [0.1, 0.15) is 0 Å². The number of likely N-dealkylation sites (N-methyl/N-ethyl adjacent to an activating group) is 1. The second-order valence-corrected chi connectivity index (χ2v) is 4.49. The van der Waals surface area contributed by atoms with Gasteiger partial charge in [0.05, 0.1) is 5.57 Å². The van der Waals surface area contributed by atoms with Crippen molar-refractivity contribution >= 4 is 5.91 Å². The van der Waals surface area contributed by atoms with Gasteiger partial charge in [0.15, 0.2) is 0 Å². The highest BCUT2D eigenvalue weighted by atomic mass is 16.1. The zero-order valence-corrected chi connectivity index (χ0v) is 10.4. The summed E-state index contributed by atoms with van der Waals surface area (Å²) < 4.78 is 0. The average Bonchev–Trinajstić information content (AvgIpc) is 2.21. The topological polar surface area (TPSA) is 32.3 Å². The summed E-state index contributed by atoms with van der Waals surface area (Å²) >= 11 is 0. The smallest absolute Gasteiger partial charge is 0.253 e. The van der Waals surface area contributed by atoms with E-state index in [9.17, 15) is 4.79 Å². The van der Waals surface area contributed by atoms with E-state index < -0.39 is 0 Å². The molecule has 0 aromatic heterocycles. The number of amides is 1. The predicted octanol–water partition coefficient (Wildman–Crippen LogP) is 2.05. The van der Waals surface area contributed by atoms with Crippen LogP contribution in [0.15, 0.2) is 36.2 Å². The van der Waals surface area contributed by atoms with E-state index in [0.717, 1.165) is 5.70 Å². The molecule has 1 heterocycles. The molecule has 0 unspecified atom stereocenters. The monoisotopic (exact) mass is 220 g/mol. The number of hydrogen-bond acceptors (Lipinski definition) is 2. The molecule has 0 aliphatic carbocycles. The highest BCUT2D eigenvalue weighted by Gasteiger charge is 2.19. The minimum Gasteiger partial charge on any atom is -0.351 e. The highest BCUT2D eigenvalue weighted by Crippen LogP contribution is 2.17. The van der Waals surface area contributed by atoms with Crippen LogP contribution in [0.1, 0.15) is 20.8 Å². The van der Waals surface area contributed by atoms with E-state index in [1.807, 2.05) is 31.1 Å². The van der Waals surface area contributed by atoms with Gasteiger partial charge in [-0.25, -0.2) is 0 Å². The second kappa shape index (κ2) is 5.01. The van der Waals surface area contributed by atoms with Crippen molar-refractivity contribution in [3.05, 3.63) is 36.2 Å². The lowest BCUT2D eigenvalue weighted by atomic mass is 10.0. The zero-order valence-electron chi connectivity index (χ0n) is 10.4. The van der Waals surface area contributed by atoms with Crippen LogP contribution in [-0.2, 0) is 4.79 Å². The van der Waals surface area contributed by atoms with E-state index in [0.29, 0.717) is 11.5 Å². The molecule has 88 valence electrons. The molecule has 0 saturated carbocycles. The normalized spacial score (nSPS) is 17.4. The van der Waals surface area contributed by atoms with E-state index in [2.05, 4.69) is 25.7 Å². The largest absolute Gasteiger partial charge is 0.351 e. The van der Waals surface area contributed by atoms with Crippen molar-refractivity contribution in [1.29, 1.82) is 0 Å². The quantitative estimate of drug-likeness (QED) is 0.789. The number of hydrogen-bond donors (Lipinski definition) is 1. The van der Waals surface area contributed by atoms with Crippen molar-refractivity contribution in [2.24, 2.45) is 5.92 Å². The number of carbonyl (C=O) groups is 1. The molecule has 0 fully saturated rings. The first-order chi connectivity index (χ1) is 7.43. The summed E-state index contributed by atoms with van der Waals surface area (Å²) in [5, 5.41) is 2.97. The van der Waals surface area contributed by atoms with E-state index in [1.165, 1.54) is 0 Å². The van der Waals surface area contributed by atoms with Gasteiger partial charge in [0, 0.05) is 25.0 Å². The maximum Gasteiger partial charge on any atom is 0.253 e. The van der Waals surface area contributed by atoms with E-state index in [-0.39, 0.29) is 11.9 Å². The van der Waals surface area contributed by atoms with Crippen LogP contribution in [0.3, 0.4) is 0 Å². The number of rotatable bonds is 3. The Balaban J connectivity index is 2.71. The standard InChI is InChI=1S/C13H20N2O/c1-9(2)10(3)14-13(16)12-7-6-8-15(5)11(12)4/h6-10H,4H2,1-3,5H3,(H,14,16)/t10-/m1/s1. The Hall–Kier alpha value is -1.51. The third kappa shape index (κ3) is 2.75. The van der Waals surface area contributed by atoms with Crippen molar-refractivity contribution in [3.63, 3.8) is 0 Å². The molecule has 1 N–H and O–H groups in total. The van der Waals surface area contributed by atoms with Crippen LogP contribution in [0.25, 0.3) is 0 Å². The first-order valence-electron chi connectivity index (χ1n) is 5.55. The van der Waals surface area contributed by atoms with Crippen LogP contribution in [-0.4, -0.2) is 23.9 Å². The highest BCUT2D eigenvalue weighted by molar-refractivity contribution is 5.98. The predicted molar refractivity (Wildman–Crippen MR) is 66.6 cm³/mol. The molecular formula is C13H20N2O. The molecule has 1 atom stereocenters. The average molecular weight is 220 g/mol. The van der Waals surface area contributed by atoms with Gasteiger partial charge in [-0.3, -0.25) is 4.79 Å². The Labute approximate surface area is 97.5 Å². The van der Waals surface area contributed by atoms with Crippen LogP contribution in [0.4, 0.5) is 0 Å². The van der Waals surface area contributed by atoms with Gasteiger partial charge in [-0.05, 0) is 25.0 Å². The summed E-state index contributed by atoms with van der Waals surface area (Å²) in [5.41, 5.74) is 1.37. The summed E-state index contributed by atoms with van der Waals surface area (Å²) in [4.78, 5) is 13.8. The molecule has 1 rings (SSSR count). The summed E-state index contributed by atoms with van der Waals surface area (Å²) in [6.07, 6.45) is 5.53. The van der Waals surface area contributed by atoms with E-state index in [4.69, 9.17) is 0 Å². The zero-order chi connectivity index (χ0) is 12.3. The van der Waals surface area contributed by atoms with E-state index in [1.54, 1.807) is 6.08 Å². The Morgan fingerprint density at radius 1 is 1.44 bits per heavy atom. The summed E-state index contributed by atoms with van der Waals surface area (Å²) in [6, 6.07) is 0.164. The van der Waals surface area contributed by atoms with Crippen LogP contribution in [0, 0.1) is 5.92 Å². The van der Waals surface area contributed by atoms with Gasteiger partial charge in [0.25, 0.3) is 5.91 Å². The number of carbonyl (C=O) groups excluding carboxylic acids is 1. The van der Waals surface area contributed by atoms with Crippen molar-refractivity contribution in [2.75, 3.05) is 7.05 Å². The Morgan fingerprint density at radius 2 is 2.06 bits per heavy atom. The van der Waals surface area contributed by atoms with Gasteiger partial charge >= 0.3 is 0 Å². The van der Waals surface area contributed by atoms with Gasteiger partial charge in [-0.15, -0.1) is 0 Å². The molecule has 0 radical (unpaired) electrons. The number of allylic oxidation sites excluding steroid dienone is 2. The number of nitrogens with zero attached hydrogens (tertiary/aromatic N) is 1. The molecule has 1 aliphatic heterocycles. The molecule has 1 amide bonds. The van der Waals surface area contributed by atoms with Crippen LogP contribution in [0.2, 0.25) is 0 Å². The summed E-state index contributed by atoms with van der Waals surface area (Å²) in [5.74, 6) is 0.372. The Morgan fingerprint density at radius 3 is 2.62 bits per heavy atom. The molecule has 0 saturated heterocycles. The minimum absolute atomic E-state index is 0.0533. The van der Waals surface area contributed by atoms with Crippen molar-refractivity contribution < 1.29 is 4.79 Å². The molecule has 1 aliphatic rings. The van der Waals surface area contributed by atoms with Crippen LogP contribution in [0.5, 0.6) is 0 Å². The van der Waals surface area contributed by atoms with Crippen LogP contribution >= 0.6 is 0 Å². The van der Waals surface area contributed by atoms with Crippen LogP contribution < -0.4 is 5.32 Å². The van der Waals surface area contributed by atoms with Gasteiger partial charge in [-0.1, -0.05) is 20.4 Å². The van der Waals surface area contributed by atoms with Crippen molar-refractivity contribution in [2.45, 2.75) is 26.8 Å². The van der Waals surface area contributed by atoms with Gasteiger partial charge < -0.3 is 10.2 Å². The van der Waals surface area contributed by atoms with Gasteiger partial charge in [-0.2, -0.15) is 0 Å². The molecular weight excluding hydrogens is 200 g/mol. The number of nitrogens with one attached hydrogen (secondary N) is 1. The van der Waals surface area contributed by atoms with E-state index >= 15 is 0 Å². The molecule has 3 heteroatoms. The fourth-order valence-corrected chi connectivity index (χ4v) is 1.30. The SMILES string of the molecule is C=C1C(C(=O)N[C@H](C)C(C)C)=CC=CN1C. The van der Waals surface area contributed by atoms with Crippen molar-refractivity contribution in [3.8, 4) is 0 Å². The minimum atomic E-state index is -0.0533. The lowest BCUT2D eigenvalue weighted by Gasteiger charge is -2.24. The summed E-state index contributed by atoms with van der Waals surface area (Å²) in [7, 11) is 1.88. The molecule has 0 bridgehead atoms. The molecule has 0 aromatic carbocycles. The molecule has 3 nitrogen and oxygen atoms in total. The Kier molecular flexibility index (Phi) is 3.93. The summed E-state index contributed by atoms with van der Waals surface area (Å²) in [6.45, 7) is 10.1. The molecule has 0 spiro atoms. The maximum atomic E-state index is 12.0. The lowest BCUT2D eigenvalue weighted by molar-refractivity contribution is -0.118. The first kappa shape index (κ1) is 12.6. The van der Waals surface area contributed by atoms with Gasteiger partial charge in [0.2, 0.25) is 0 Å². The Bertz CT molecular complexity index is 353. The van der Waals surface area contributed by atoms with Crippen molar-refractivity contribution in [1.82, 2.24) is 10.2 Å². The third-order valence-corrected chi connectivity index (χ3v) is 2.91. The molecule has 16 heavy (non-hydrogen) atoms. The first-order valence-corrected chi connectivity index (χ1v) is 5.55.